The fraction of sp³-hybridized carbons (Fsp3) is 0.583. The lowest BCUT2D eigenvalue weighted by Crippen LogP contribution is -2.34. The van der Waals surface area contributed by atoms with Gasteiger partial charge in [0.05, 0.1) is 5.69 Å². The topological polar surface area (TPSA) is 56.4 Å². The second kappa shape index (κ2) is 11.8. The normalized spacial score (nSPS) is 10.8. The van der Waals surface area contributed by atoms with Crippen molar-refractivity contribution in [1.29, 1.82) is 0 Å². The summed E-state index contributed by atoms with van der Waals surface area (Å²) in [5.41, 5.74) is 2.91. The van der Waals surface area contributed by atoms with Crippen LogP contribution in [0.4, 0.5) is 0 Å². The molecule has 1 N–H and O–H groups in total. The molecule has 1 heterocycles. The van der Waals surface area contributed by atoms with Crippen LogP contribution in [0, 0.1) is 0 Å². The lowest BCUT2D eigenvalue weighted by molar-refractivity contribution is 0.0783. The summed E-state index contributed by atoms with van der Waals surface area (Å²) in [6.07, 6.45) is 0. The largest absolute Gasteiger partial charge is 0.352 e. The van der Waals surface area contributed by atoms with Gasteiger partial charge in [-0.15, -0.1) is 0 Å². The number of Topliss-reactive ketones (excluding diaryl/α,β-unsaturated/α-hetero) is 1. The average molecular weight is 404 g/mol. The molecule has 0 atom stereocenters. The number of hydrogen-bond donors (Lipinski definition) is 1. The summed E-state index contributed by atoms with van der Waals surface area (Å²) >= 11 is 0. The van der Waals surface area contributed by atoms with Crippen LogP contribution < -0.4 is 0 Å². The Morgan fingerprint density at radius 3 is 1.93 bits per heavy atom. The zero-order valence-corrected chi connectivity index (χ0v) is 20.4. The molecule has 1 aromatic heterocycles. The minimum Gasteiger partial charge on any atom is -0.352 e. The molecular weight excluding hydrogens is 362 g/mol. The molecule has 0 saturated carbocycles. The first-order chi connectivity index (χ1) is 13.5. The standard InChI is InChI=1S/C20H29N3O2.2C2H6/c1-13(24)17-11-14-10-16(20(2,3)4)15(12-18(14)21-17)19(25)23(7)9-8-22(5)6;2*1-2/h10-12,21H,8-9H2,1-7H3;2*1-2H3. The molecule has 0 saturated heterocycles. The van der Waals surface area contributed by atoms with Crippen LogP contribution >= 0.6 is 0 Å². The first kappa shape index (κ1) is 26.9. The fourth-order valence-corrected chi connectivity index (χ4v) is 2.83. The lowest BCUT2D eigenvalue weighted by Gasteiger charge is -2.26. The molecule has 0 bridgehead atoms. The molecule has 164 valence electrons. The number of amides is 1. The van der Waals surface area contributed by atoms with Crippen molar-refractivity contribution < 1.29 is 9.59 Å². The molecule has 5 nitrogen and oxygen atoms in total. The van der Waals surface area contributed by atoms with Crippen LogP contribution in [0.25, 0.3) is 10.9 Å². The summed E-state index contributed by atoms with van der Waals surface area (Å²) in [6.45, 7) is 17.3. The molecule has 0 aliphatic carbocycles. The van der Waals surface area contributed by atoms with E-state index in [-0.39, 0.29) is 17.1 Å². The molecule has 0 aliphatic heterocycles. The van der Waals surface area contributed by atoms with Gasteiger partial charge in [-0.25, -0.2) is 0 Å². The highest BCUT2D eigenvalue weighted by Crippen LogP contribution is 2.31. The molecule has 29 heavy (non-hydrogen) atoms. The number of hydrogen-bond acceptors (Lipinski definition) is 3. The Hall–Kier alpha value is -2.14. The van der Waals surface area contributed by atoms with E-state index in [2.05, 4.69) is 30.7 Å². The Balaban J connectivity index is 0.00000184. The van der Waals surface area contributed by atoms with Gasteiger partial charge in [0.25, 0.3) is 5.91 Å². The van der Waals surface area contributed by atoms with Crippen molar-refractivity contribution in [3.05, 3.63) is 35.0 Å². The van der Waals surface area contributed by atoms with Gasteiger partial charge < -0.3 is 14.8 Å². The van der Waals surface area contributed by atoms with Crippen molar-refractivity contribution in [2.24, 2.45) is 0 Å². The Bertz CT molecular complexity index is 798. The number of aromatic amines is 1. The number of likely N-dealkylation sites (N-methyl/N-ethyl adjacent to an activating group) is 2. The highest BCUT2D eigenvalue weighted by Gasteiger charge is 2.25. The van der Waals surface area contributed by atoms with Crippen molar-refractivity contribution >= 4 is 22.6 Å². The molecule has 1 amide bonds. The Labute approximate surface area is 177 Å². The van der Waals surface area contributed by atoms with Crippen molar-refractivity contribution in [3.8, 4) is 0 Å². The summed E-state index contributed by atoms with van der Waals surface area (Å²) in [5, 5.41) is 0.961. The van der Waals surface area contributed by atoms with Crippen molar-refractivity contribution in [2.75, 3.05) is 34.2 Å². The van der Waals surface area contributed by atoms with E-state index in [9.17, 15) is 9.59 Å². The monoisotopic (exact) mass is 403 g/mol. The van der Waals surface area contributed by atoms with Gasteiger partial charge in [-0.3, -0.25) is 9.59 Å². The van der Waals surface area contributed by atoms with Crippen molar-refractivity contribution in [3.63, 3.8) is 0 Å². The van der Waals surface area contributed by atoms with Gasteiger partial charge in [0.2, 0.25) is 0 Å². The first-order valence-electron chi connectivity index (χ1n) is 10.6. The molecule has 2 aromatic rings. The molecule has 2 rings (SSSR count). The summed E-state index contributed by atoms with van der Waals surface area (Å²) in [5.74, 6) is -0.00265. The molecule has 0 radical (unpaired) electrons. The predicted octanol–water partition coefficient (Wildman–Crippen LogP) is 5.35. The van der Waals surface area contributed by atoms with Gasteiger partial charge in [-0.05, 0) is 43.3 Å². The average Bonchev–Trinajstić information content (AvgIpc) is 3.10. The maximum atomic E-state index is 13.0. The minimum absolute atomic E-state index is 0.00708. The van der Waals surface area contributed by atoms with Gasteiger partial charge in [-0.2, -0.15) is 0 Å². The van der Waals surface area contributed by atoms with Crippen LogP contribution in [-0.2, 0) is 5.41 Å². The first-order valence-corrected chi connectivity index (χ1v) is 10.6. The number of aromatic nitrogens is 1. The third-order valence-corrected chi connectivity index (χ3v) is 4.41. The van der Waals surface area contributed by atoms with Gasteiger partial charge in [0.15, 0.2) is 5.78 Å². The van der Waals surface area contributed by atoms with Gasteiger partial charge in [0, 0.05) is 43.5 Å². The van der Waals surface area contributed by atoms with Crippen LogP contribution in [0.3, 0.4) is 0 Å². The van der Waals surface area contributed by atoms with Crippen molar-refractivity contribution in [2.45, 2.75) is 60.8 Å². The molecule has 0 unspecified atom stereocenters. The maximum absolute atomic E-state index is 13.0. The van der Waals surface area contributed by atoms with Gasteiger partial charge in [-0.1, -0.05) is 48.5 Å². The summed E-state index contributed by atoms with van der Waals surface area (Å²) in [7, 11) is 5.82. The number of nitrogens with zero attached hydrogens (tertiary/aromatic N) is 2. The van der Waals surface area contributed by atoms with E-state index in [4.69, 9.17) is 0 Å². The quantitative estimate of drug-likeness (QED) is 0.684. The van der Waals surface area contributed by atoms with E-state index in [1.165, 1.54) is 6.92 Å². The third kappa shape index (κ3) is 7.32. The van der Waals surface area contributed by atoms with E-state index < -0.39 is 0 Å². The minimum atomic E-state index is -0.171. The van der Waals surface area contributed by atoms with E-state index in [0.717, 1.165) is 23.0 Å². The van der Waals surface area contributed by atoms with Gasteiger partial charge >= 0.3 is 0 Å². The summed E-state index contributed by atoms with van der Waals surface area (Å²) < 4.78 is 0. The summed E-state index contributed by atoms with van der Waals surface area (Å²) in [4.78, 5) is 31.6. The number of H-pyrrole nitrogens is 1. The van der Waals surface area contributed by atoms with E-state index >= 15 is 0 Å². The van der Waals surface area contributed by atoms with Crippen LogP contribution in [0.5, 0.6) is 0 Å². The molecule has 0 spiro atoms. The molecule has 0 aliphatic rings. The van der Waals surface area contributed by atoms with E-state index in [1.807, 2.05) is 67.0 Å². The Kier molecular flexibility index (Phi) is 10.9. The SMILES string of the molecule is CC.CC.CC(=O)c1cc2cc(C(C)(C)C)c(C(=O)N(C)CCN(C)C)cc2[nH]1. The predicted molar refractivity (Wildman–Crippen MR) is 125 cm³/mol. The third-order valence-electron chi connectivity index (χ3n) is 4.41. The second-order valence-corrected chi connectivity index (χ2v) is 8.00. The Morgan fingerprint density at radius 2 is 1.48 bits per heavy atom. The highest BCUT2D eigenvalue weighted by molar-refractivity contribution is 6.02. The van der Waals surface area contributed by atoms with Gasteiger partial charge in [0.1, 0.15) is 0 Å². The Morgan fingerprint density at radius 1 is 0.931 bits per heavy atom. The number of benzene rings is 1. The second-order valence-electron chi connectivity index (χ2n) is 8.00. The fourth-order valence-electron chi connectivity index (χ4n) is 2.83. The van der Waals surface area contributed by atoms with Crippen LogP contribution in [0.1, 0.15) is 81.8 Å². The van der Waals surface area contributed by atoms with E-state index in [0.29, 0.717) is 17.8 Å². The molecular formula is C24H41N3O2. The molecule has 0 fully saturated rings. The van der Waals surface area contributed by atoms with Crippen LogP contribution in [0.2, 0.25) is 0 Å². The summed E-state index contributed by atoms with van der Waals surface area (Å²) in [6, 6.07) is 5.78. The maximum Gasteiger partial charge on any atom is 0.254 e. The molecule has 5 heteroatoms. The smallest absolute Gasteiger partial charge is 0.254 e. The number of ketones is 1. The van der Waals surface area contributed by atoms with Crippen molar-refractivity contribution in [1.82, 2.24) is 14.8 Å². The van der Waals surface area contributed by atoms with Crippen LogP contribution in [-0.4, -0.2) is 60.7 Å². The van der Waals surface area contributed by atoms with Crippen LogP contribution in [0.15, 0.2) is 18.2 Å². The number of rotatable bonds is 5. The number of carbonyl (C=O) groups excluding carboxylic acids is 2. The number of carbonyl (C=O) groups is 2. The molecule has 1 aromatic carbocycles. The zero-order chi connectivity index (χ0) is 22.9. The lowest BCUT2D eigenvalue weighted by atomic mass is 9.82. The van der Waals surface area contributed by atoms with E-state index in [1.54, 1.807) is 4.90 Å². The number of fused-ring (bicyclic) bond motifs is 1. The highest BCUT2D eigenvalue weighted by atomic mass is 16.2. The zero-order valence-electron chi connectivity index (χ0n) is 20.4. The number of nitrogens with one attached hydrogen (secondary N) is 1.